The fourth-order valence-corrected chi connectivity index (χ4v) is 5.71. The Morgan fingerprint density at radius 3 is 2.17 bits per heavy atom. The molecule has 2 aromatic rings. The van der Waals surface area contributed by atoms with Gasteiger partial charge >= 0.3 is 8.80 Å². The van der Waals surface area contributed by atoms with Crippen LogP contribution in [-0.4, -0.2) is 28.6 Å². The molecule has 0 bridgehead atoms. The summed E-state index contributed by atoms with van der Waals surface area (Å²) in [4.78, 5) is 0. The van der Waals surface area contributed by atoms with Crippen LogP contribution in [0.2, 0.25) is 0 Å². The Bertz CT molecular complexity index is 603. The van der Waals surface area contributed by atoms with Crippen molar-refractivity contribution in [1.29, 1.82) is 0 Å². The Labute approximate surface area is 147 Å². The third-order valence-electron chi connectivity index (χ3n) is 4.08. The second-order valence-corrected chi connectivity index (χ2v) is 8.38. The van der Waals surface area contributed by atoms with E-state index in [1.54, 1.807) is 0 Å². The molecule has 0 radical (unpaired) electrons. The molecule has 0 heterocycles. The van der Waals surface area contributed by atoms with Gasteiger partial charge in [0.2, 0.25) is 0 Å². The monoisotopic (exact) mass is 346 g/mol. The van der Waals surface area contributed by atoms with E-state index in [0.29, 0.717) is 19.8 Å². The molecule has 0 amide bonds. The molecule has 0 aliphatic rings. The van der Waals surface area contributed by atoms with Crippen LogP contribution in [0.15, 0.2) is 42.5 Å². The van der Waals surface area contributed by atoms with Gasteiger partial charge in [-0.05, 0) is 31.0 Å². The third-order valence-corrected chi connectivity index (χ3v) is 7.10. The molecular weight excluding hydrogens is 316 g/mol. The van der Waals surface area contributed by atoms with Crippen LogP contribution < -0.4 is 5.19 Å². The zero-order chi connectivity index (χ0) is 17.3. The van der Waals surface area contributed by atoms with E-state index in [0.717, 1.165) is 11.6 Å². The van der Waals surface area contributed by atoms with Crippen LogP contribution in [-0.2, 0) is 13.3 Å². The maximum Gasteiger partial charge on any atom is 0.537 e. The van der Waals surface area contributed by atoms with E-state index in [2.05, 4.69) is 49.4 Å². The molecule has 24 heavy (non-hydrogen) atoms. The van der Waals surface area contributed by atoms with Crippen molar-refractivity contribution in [1.82, 2.24) is 0 Å². The average Bonchev–Trinajstić information content (AvgIpc) is 2.61. The summed E-state index contributed by atoms with van der Waals surface area (Å²) in [5.74, 6) is 0. The summed E-state index contributed by atoms with van der Waals surface area (Å²) in [6.07, 6.45) is 4.71. The molecule has 4 heteroatoms. The van der Waals surface area contributed by atoms with Gasteiger partial charge < -0.3 is 13.3 Å². The topological polar surface area (TPSA) is 27.7 Å². The minimum atomic E-state index is -2.90. The van der Waals surface area contributed by atoms with Crippen molar-refractivity contribution in [2.45, 2.75) is 46.5 Å². The smallest absolute Gasteiger partial charge is 0.370 e. The van der Waals surface area contributed by atoms with E-state index in [9.17, 15) is 0 Å². The van der Waals surface area contributed by atoms with Crippen LogP contribution in [0.1, 0.15) is 46.5 Å². The average molecular weight is 347 g/mol. The molecule has 2 rings (SSSR count). The van der Waals surface area contributed by atoms with Crippen LogP contribution in [0.5, 0.6) is 0 Å². The molecule has 0 N–H and O–H groups in total. The molecule has 0 fully saturated rings. The van der Waals surface area contributed by atoms with Gasteiger partial charge in [0.25, 0.3) is 0 Å². The van der Waals surface area contributed by atoms with E-state index in [-0.39, 0.29) is 0 Å². The van der Waals surface area contributed by atoms with Crippen LogP contribution >= 0.6 is 0 Å². The van der Waals surface area contributed by atoms with Crippen LogP contribution in [0.3, 0.4) is 0 Å². The van der Waals surface area contributed by atoms with Gasteiger partial charge in [0.15, 0.2) is 0 Å². The standard InChI is InChI=1S/C20H30O3Si/c1-4-7-8-11-17-23-24(21-5-2,22-6-3)20-16-12-14-18-13-9-10-15-19(18)20/h9-10,12-16H,4-8,11,17H2,1-3H3. The number of unbranched alkanes of at least 4 members (excludes halogenated alkanes) is 3. The van der Waals surface area contributed by atoms with Gasteiger partial charge in [-0.2, -0.15) is 0 Å². The molecule has 0 aliphatic carbocycles. The van der Waals surface area contributed by atoms with Gasteiger partial charge in [-0.15, -0.1) is 0 Å². The van der Waals surface area contributed by atoms with E-state index in [4.69, 9.17) is 13.3 Å². The van der Waals surface area contributed by atoms with E-state index < -0.39 is 8.80 Å². The lowest BCUT2D eigenvalue weighted by atomic mass is 10.1. The fraction of sp³-hybridized carbons (Fsp3) is 0.500. The number of fused-ring (bicyclic) bond motifs is 1. The summed E-state index contributed by atoms with van der Waals surface area (Å²) in [6.45, 7) is 8.10. The molecule has 2 aromatic carbocycles. The van der Waals surface area contributed by atoms with Gasteiger partial charge in [-0.25, -0.2) is 0 Å². The summed E-state index contributed by atoms with van der Waals surface area (Å²) in [5, 5.41) is 3.45. The lowest BCUT2D eigenvalue weighted by Crippen LogP contribution is -2.57. The molecule has 0 aromatic heterocycles. The molecular formula is C20H30O3Si. The predicted octanol–water partition coefficient (Wildman–Crippen LogP) is 4.66. The van der Waals surface area contributed by atoms with Crippen LogP contribution in [0.25, 0.3) is 10.8 Å². The molecule has 0 unspecified atom stereocenters. The highest BCUT2D eigenvalue weighted by Crippen LogP contribution is 2.19. The van der Waals surface area contributed by atoms with Crippen molar-refractivity contribution in [2.75, 3.05) is 19.8 Å². The largest absolute Gasteiger partial charge is 0.537 e. The number of hydrogen-bond acceptors (Lipinski definition) is 3. The molecule has 0 atom stereocenters. The molecule has 3 nitrogen and oxygen atoms in total. The lowest BCUT2D eigenvalue weighted by Gasteiger charge is -2.30. The van der Waals surface area contributed by atoms with Crippen LogP contribution in [0.4, 0.5) is 0 Å². The number of rotatable bonds is 11. The quantitative estimate of drug-likeness (QED) is 0.438. The first-order chi connectivity index (χ1) is 11.8. The van der Waals surface area contributed by atoms with Gasteiger partial charge in [-0.3, -0.25) is 0 Å². The molecule has 0 aliphatic heterocycles. The molecule has 0 saturated heterocycles. The SMILES string of the molecule is CCCCCCO[Si](OCC)(OCC)c1cccc2ccccc12. The molecule has 0 spiro atoms. The Kier molecular flexibility index (Phi) is 7.92. The maximum atomic E-state index is 6.35. The van der Waals surface area contributed by atoms with Crippen LogP contribution in [0, 0.1) is 0 Å². The zero-order valence-electron chi connectivity index (χ0n) is 15.2. The van der Waals surface area contributed by atoms with Gasteiger partial charge in [0.1, 0.15) is 0 Å². The second kappa shape index (κ2) is 9.94. The maximum absolute atomic E-state index is 6.35. The lowest BCUT2D eigenvalue weighted by molar-refractivity contribution is 0.0802. The summed E-state index contributed by atoms with van der Waals surface area (Å²) in [7, 11) is -2.90. The Morgan fingerprint density at radius 1 is 0.750 bits per heavy atom. The Hall–Kier alpha value is -1.20. The minimum absolute atomic E-state index is 0.588. The highest BCUT2D eigenvalue weighted by atomic mass is 28.4. The number of hydrogen-bond donors (Lipinski definition) is 0. The Morgan fingerprint density at radius 2 is 1.46 bits per heavy atom. The highest BCUT2D eigenvalue weighted by molar-refractivity contribution is 6.77. The number of benzene rings is 2. The summed E-state index contributed by atoms with van der Waals surface area (Å²) in [6, 6.07) is 14.7. The van der Waals surface area contributed by atoms with Crippen molar-refractivity contribution in [2.24, 2.45) is 0 Å². The van der Waals surface area contributed by atoms with E-state index in [1.165, 1.54) is 30.0 Å². The van der Waals surface area contributed by atoms with E-state index >= 15 is 0 Å². The predicted molar refractivity (Wildman–Crippen MR) is 103 cm³/mol. The van der Waals surface area contributed by atoms with Crippen molar-refractivity contribution in [3.8, 4) is 0 Å². The van der Waals surface area contributed by atoms with Crippen molar-refractivity contribution in [3.63, 3.8) is 0 Å². The molecule has 0 saturated carbocycles. The summed E-state index contributed by atoms with van der Waals surface area (Å²) < 4.78 is 18.7. The normalized spacial score (nSPS) is 12.0. The first-order valence-electron chi connectivity index (χ1n) is 9.17. The summed E-state index contributed by atoms with van der Waals surface area (Å²) >= 11 is 0. The first kappa shape index (κ1) is 19.1. The zero-order valence-corrected chi connectivity index (χ0v) is 16.2. The van der Waals surface area contributed by atoms with Gasteiger partial charge in [0, 0.05) is 25.0 Å². The fourth-order valence-electron chi connectivity index (χ4n) is 2.97. The van der Waals surface area contributed by atoms with Crippen molar-refractivity contribution >= 4 is 24.8 Å². The third kappa shape index (κ3) is 4.67. The van der Waals surface area contributed by atoms with Crippen molar-refractivity contribution < 1.29 is 13.3 Å². The van der Waals surface area contributed by atoms with E-state index in [1.807, 2.05) is 13.8 Å². The molecule has 132 valence electrons. The van der Waals surface area contributed by atoms with Gasteiger partial charge in [-0.1, -0.05) is 68.7 Å². The first-order valence-corrected chi connectivity index (χ1v) is 10.9. The second-order valence-electron chi connectivity index (χ2n) is 5.86. The highest BCUT2D eigenvalue weighted by Gasteiger charge is 2.44. The minimum Gasteiger partial charge on any atom is -0.370 e. The van der Waals surface area contributed by atoms with Gasteiger partial charge in [0.05, 0.1) is 0 Å². The van der Waals surface area contributed by atoms with Crippen molar-refractivity contribution in [3.05, 3.63) is 42.5 Å². The Balaban J connectivity index is 2.32. The summed E-state index contributed by atoms with van der Waals surface area (Å²) in [5.41, 5.74) is 0.